The summed E-state index contributed by atoms with van der Waals surface area (Å²) in [5.74, 6) is -8.54. The topological polar surface area (TPSA) is 68.0 Å². The van der Waals surface area contributed by atoms with Gasteiger partial charge in [0.15, 0.2) is 5.16 Å². The number of hydrogen-bond donors (Lipinski definition) is 1. The van der Waals surface area contributed by atoms with Crippen LogP contribution in [-0.4, -0.2) is 37.8 Å². The van der Waals surface area contributed by atoms with Crippen molar-refractivity contribution in [3.63, 3.8) is 0 Å². The molecule has 1 aromatic rings. The third-order valence-electron chi connectivity index (χ3n) is 2.27. The lowest BCUT2D eigenvalue weighted by atomic mass is 10.1. The molecule has 120 valence electrons. The first kappa shape index (κ1) is 17.7. The highest BCUT2D eigenvalue weighted by atomic mass is 32.2. The Bertz CT molecular complexity index is 536. The first-order valence-corrected chi connectivity index (χ1v) is 6.52. The van der Waals surface area contributed by atoms with Gasteiger partial charge in [-0.1, -0.05) is 11.8 Å². The number of rotatable bonds is 4. The van der Waals surface area contributed by atoms with E-state index in [-0.39, 0.29) is 5.16 Å². The van der Waals surface area contributed by atoms with Gasteiger partial charge >= 0.3 is 18.1 Å². The van der Waals surface area contributed by atoms with Crippen molar-refractivity contribution >= 4 is 17.7 Å². The third-order valence-corrected chi connectivity index (χ3v) is 3.18. The number of carboxylic acid groups (broad SMARTS) is 1. The van der Waals surface area contributed by atoms with Gasteiger partial charge in [-0.2, -0.15) is 22.0 Å². The van der Waals surface area contributed by atoms with Gasteiger partial charge in [-0.15, -0.1) is 10.2 Å². The van der Waals surface area contributed by atoms with Crippen molar-refractivity contribution in [1.82, 2.24) is 14.8 Å². The van der Waals surface area contributed by atoms with E-state index < -0.39 is 35.2 Å². The maximum absolute atomic E-state index is 13.5. The Morgan fingerprint density at radius 3 is 2.10 bits per heavy atom. The molecule has 0 aromatic carbocycles. The zero-order valence-corrected chi connectivity index (χ0v) is 12.0. The molecule has 1 aromatic heterocycles. The van der Waals surface area contributed by atoms with Crippen molar-refractivity contribution in [2.24, 2.45) is 0 Å². The number of carbonyl (C=O) groups is 1. The van der Waals surface area contributed by atoms with E-state index >= 15 is 0 Å². The van der Waals surface area contributed by atoms with Crippen LogP contribution in [0.5, 0.6) is 0 Å². The molecule has 0 radical (unpaired) electrons. The van der Waals surface area contributed by atoms with E-state index in [1.165, 1.54) is 20.8 Å². The van der Waals surface area contributed by atoms with Crippen LogP contribution in [0.1, 0.15) is 26.6 Å². The second-order valence-corrected chi connectivity index (χ2v) is 6.01. The fourth-order valence-corrected chi connectivity index (χ4v) is 2.27. The smallest absolute Gasteiger partial charge is 0.461 e. The summed E-state index contributed by atoms with van der Waals surface area (Å²) in [4.78, 5) is 10.5. The number of aromatic nitrogens is 3. The molecule has 0 saturated heterocycles. The van der Waals surface area contributed by atoms with Gasteiger partial charge in [-0.25, -0.2) is 0 Å². The van der Waals surface area contributed by atoms with Gasteiger partial charge in [-0.05, 0) is 20.8 Å². The summed E-state index contributed by atoms with van der Waals surface area (Å²) in [5, 5.41) is 14.4. The highest BCUT2D eigenvalue weighted by molar-refractivity contribution is 7.99. The average Bonchev–Trinajstić information content (AvgIpc) is 2.68. The van der Waals surface area contributed by atoms with Crippen molar-refractivity contribution in [2.45, 2.75) is 43.6 Å². The molecule has 5 nitrogen and oxygen atoms in total. The summed E-state index contributed by atoms with van der Waals surface area (Å²) in [5.41, 5.74) is -1.19. The highest BCUT2D eigenvalue weighted by Crippen LogP contribution is 2.45. The molecule has 1 rings (SSSR count). The summed E-state index contributed by atoms with van der Waals surface area (Å²) < 4.78 is 65.0. The minimum Gasteiger partial charge on any atom is -0.481 e. The Morgan fingerprint density at radius 2 is 1.71 bits per heavy atom. The number of halogens is 5. The van der Waals surface area contributed by atoms with E-state index in [1.807, 2.05) is 0 Å². The van der Waals surface area contributed by atoms with Gasteiger partial charge in [0, 0.05) is 5.54 Å². The lowest BCUT2D eigenvalue weighted by Crippen LogP contribution is -2.39. The second kappa shape index (κ2) is 5.43. The van der Waals surface area contributed by atoms with Gasteiger partial charge in [0.25, 0.3) is 0 Å². The van der Waals surface area contributed by atoms with Crippen molar-refractivity contribution < 1.29 is 31.9 Å². The average molecular weight is 333 g/mol. The van der Waals surface area contributed by atoms with E-state index in [2.05, 4.69) is 10.2 Å². The summed E-state index contributed by atoms with van der Waals surface area (Å²) in [6.45, 7) is 4.16. The molecule has 0 saturated carbocycles. The number of hydrogen-bond acceptors (Lipinski definition) is 4. The molecular weight excluding hydrogens is 321 g/mol. The number of thioether (sulfide) groups is 1. The molecule has 0 atom stereocenters. The standard InChI is InChI=1S/C10H12F5N3O2S/c1-8(2,3)18-6(9(11,12)10(13,14)15)16-17-7(18)21-4-5(19)20/h4H2,1-3H3,(H,19,20). The molecule has 0 fully saturated rings. The first-order valence-electron chi connectivity index (χ1n) is 5.54. The van der Waals surface area contributed by atoms with Crippen LogP contribution >= 0.6 is 11.8 Å². The summed E-state index contributed by atoms with van der Waals surface area (Å²) in [6.07, 6.45) is -5.82. The van der Waals surface area contributed by atoms with Crippen molar-refractivity contribution in [3.8, 4) is 0 Å². The minimum absolute atomic E-state index is 0.316. The summed E-state index contributed by atoms with van der Waals surface area (Å²) in [6, 6.07) is 0. The number of carboxylic acids is 1. The zero-order valence-electron chi connectivity index (χ0n) is 11.2. The third kappa shape index (κ3) is 3.63. The molecule has 0 aliphatic rings. The normalized spacial score (nSPS) is 13.5. The van der Waals surface area contributed by atoms with Crippen LogP contribution in [0.4, 0.5) is 22.0 Å². The molecule has 21 heavy (non-hydrogen) atoms. The van der Waals surface area contributed by atoms with Crippen molar-refractivity contribution in [1.29, 1.82) is 0 Å². The molecule has 1 heterocycles. The van der Waals surface area contributed by atoms with Crippen LogP contribution in [0.15, 0.2) is 5.16 Å². The molecule has 0 bridgehead atoms. The van der Waals surface area contributed by atoms with Crippen LogP contribution in [0, 0.1) is 0 Å². The minimum atomic E-state index is -5.82. The summed E-state index contributed by atoms with van der Waals surface area (Å²) >= 11 is 0.519. The van der Waals surface area contributed by atoms with Crippen molar-refractivity contribution in [2.75, 3.05) is 5.75 Å². The molecule has 0 unspecified atom stereocenters. The quantitative estimate of drug-likeness (QED) is 0.678. The van der Waals surface area contributed by atoms with Gasteiger partial charge in [-0.3, -0.25) is 9.36 Å². The molecular formula is C10H12F5N3O2S. The second-order valence-electron chi connectivity index (χ2n) is 5.07. The molecule has 0 aliphatic heterocycles. The molecule has 1 N–H and O–H groups in total. The maximum atomic E-state index is 13.5. The summed E-state index contributed by atoms with van der Waals surface area (Å²) in [7, 11) is 0. The monoisotopic (exact) mass is 333 g/mol. The van der Waals surface area contributed by atoms with Crippen LogP contribution in [0.3, 0.4) is 0 Å². The zero-order chi connectivity index (χ0) is 16.6. The SMILES string of the molecule is CC(C)(C)n1c(SCC(=O)O)nnc1C(F)(F)C(F)(F)F. The Balaban J connectivity index is 3.38. The Hall–Kier alpha value is -1.39. The Kier molecular flexibility index (Phi) is 4.56. The highest BCUT2D eigenvalue weighted by Gasteiger charge is 2.62. The van der Waals surface area contributed by atoms with Gasteiger partial charge in [0.05, 0.1) is 5.75 Å². The van der Waals surface area contributed by atoms with Gasteiger partial charge < -0.3 is 5.11 Å². The van der Waals surface area contributed by atoms with Gasteiger partial charge in [0.1, 0.15) is 0 Å². The van der Waals surface area contributed by atoms with E-state index in [0.717, 1.165) is 0 Å². The van der Waals surface area contributed by atoms with Crippen molar-refractivity contribution in [3.05, 3.63) is 5.82 Å². The lowest BCUT2D eigenvalue weighted by Gasteiger charge is -2.28. The fourth-order valence-electron chi connectivity index (χ4n) is 1.42. The molecule has 0 spiro atoms. The largest absolute Gasteiger partial charge is 0.481 e. The van der Waals surface area contributed by atoms with Gasteiger partial charge in [0.2, 0.25) is 5.82 Å². The Labute approximate surface area is 120 Å². The lowest BCUT2D eigenvalue weighted by molar-refractivity contribution is -0.294. The van der Waals surface area contributed by atoms with E-state index in [9.17, 15) is 26.7 Å². The Morgan fingerprint density at radius 1 is 1.19 bits per heavy atom. The molecule has 0 aliphatic carbocycles. The predicted octanol–water partition coefficient (Wildman–Crippen LogP) is 2.86. The van der Waals surface area contributed by atoms with E-state index in [4.69, 9.17) is 5.11 Å². The van der Waals surface area contributed by atoms with E-state index in [1.54, 1.807) is 0 Å². The van der Waals surface area contributed by atoms with Crippen LogP contribution in [0.2, 0.25) is 0 Å². The predicted molar refractivity (Wildman–Crippen MR) is 63.3 cm³/mol. The number of nitrogens with zero attached hydrogens (tertiary/aromatic N) is 3. The van der Waals surface area contributed by atoms with E-state index in [0.29, 0.717) is 16.3 Å². The van der Waals surface area contributed by atoms with Crippen LogP contribution in [-0.2, 0) is 16.3 Å². The number of alkyl halides is 5. The molecule has 0 amide bonds. The maximum Gasteiger partial charge on any atom is 0.461 e. The van der Waals surface area contributed by atoms with Crippen LogP contribution < -0.4 is 0 Å². The molecule has 11 heteroatoms. The number of aliphatic carboxylic acids is 1. The first-order chi connectivity index (χ1) is 9.28. The fraction of sp³-hybridized carbons (Fsp3) is 0.700. The van der Waals surface area contributed by atoms with Crippen LogP contribution in [0.25, 0.3) is 0 Å².